The van der Waals surface area contributed by atoms with Gasteiger partial charge in [-0.1, -0.05) is 31.4 Å². The number of hydrogen-bond acceptors (Lipinski definition) is 1. The van der Waals surface area contributed by atoms with Crippen LogP contribution < -0.4 is 0 Å². The fourth-order valence-corrected chi connectivity index (χ4v) is 0.919. The highest BCUT2D eigenvalue weighted by atomic mass is 19.1. The van der Waals surface area contributed by atoms with Gasteiger partial charge < -0.3 is 0 Å². The minimum Gasteiger partial charge on any atom is -0.256 e. The first-order valence-corrected chi connectivity index (χ1v) is 4.50. The predicted octanol–water partition coefficient (Wildman–Crippen LogP) is 3.83. The lowest BCUT2D eigenvalue weighted by Crippen LogP contribution is -1.76. The number of aliphatic imine (C=N–C) groups is 1. The molecule has 0 saturated carbocycles. The Bertz CT molecular complexity index is 399. The zero-order valence-corrected chi connectivity index (χ0v) is 8.36. The molecular weight excluding hydrogens is 189 g/mol. The van der Waals surface area contributed by atoms with E-state index in [0.29, 0.717) is 5.69 Å². The first kappa shape index (κ1) is 11.1. The summed E-state index contributed by atoms with van der Waals surface area (Å²) in [6.07, 6.45) is 6.85. The molecule has 1 nitrogen and oxygen atoms in total. The molecule has 0 amide bonds. The summed E-state index contributed by atoms with van der Waals surface area (Å²) in [6, 6.07) is 5.96. The molecule has 2 heteroatoms. The zero-order valence-electron chi connectivity index (χ0n) is 8.36. The van der Waals surface area contributed by atoms with Gasteiger partial charge in [-0.2, -0.15) is 0 Å². The van der Waals surface area contributed by atoms with Gasteiger partial charge in [0.05, 0.1) is 5.69 Å². The summed E-state index contributed by atoms with van der Waals surface area (Å²) < 4.78 is 12.6. The van der Waals surface area contributed by atoms with Crippen LogP contribution in [0.5, 0.6) is 0 Å². The highest BCUT2D eigenvalue weighted by Gasteiger charge is 1.89. The molecule has 0 aliphatic heterocycles. The molecule has 0 unspecified atom stereocenters. The molecule has 15 heavy (non-hydrogen) atoms. The van der Waals surface area contributed by atoms with Crippen molar-refractivity contribution < 1.29 is 4.39 Å². The van der Waals surface area contributed by atoms with Crippen molar-refractivity contribution in [3.8, 4) is 0 Å². The maximum Gasteiger partial charge on any atom is 0.123 e. The largest absolute Gasteiger partial charge is 0.256 e. The quantitative estimate of drug-likeness (QED) is 0.518. The zero-order chi connectivity index (χ0) is 11.1. The molecule has 0 aromatic heterocycles. The van der Waals surface area contributed by atoms with Gasteiger partial charge in [-0.25, -0.2) is 4.39 Å². The van der Waals surface area contributed by atoms with E-state index in [4.69, 9.17) is 0 Å². The Hall–Kier alpha value is -1.96. The molecule has 0 aliphatic rings. The molecule has 0 spiro atoms. The molecule has 0 aliphatic carbocycles. The summed E-state index contributed by atoms with van der Waals surface area (Å²) in [6.45, 7) is 7.31. The maximum atomic E-state index is 12.6. The predicted molar refractivity (Wildman–Crippen MR) is 63.0 cm³/mol. The Morgan fingerprint density at radius 2 is 1.93 bits per heavy atom. The Balaban J connectivity index is 2.65. The van der Waals surface area contributed by atoms with Crippen LogP contribution >= 0.6 is 0 Å². The fraction of sp³-hybridized carbons (Fsp3) is 0. The van der Waals surface area contributed by atoms with Crippen molar-refractivity contribution in [2.45, 2.75) is 0 Å². The Morgan fingerprint density at radius 3 is 2.53 bits per heavy atom. The Kier molecular flexibility index (Phi) is 4.23. The minimum atomic E-state index is -0.265. The third-order valence-electron chi connectivity index (χ3n) is 1.65. The standard InChI is InChI=1S/C13H12FN/c1-3-4-5-11(2)10-15-13-8-6-12(14)7-9-13/h3-10H,1-2H2/b5-4-,15-10?. The van der Waals surface area contributed by atoms with Crippen LogP contribution in [0.3, 0.4) is 0 Å². The van der Waals surface area contributed by atoms with Crippen molar-refractivity contribution in [1.29, 1.82) is 0 Å². The molecule has 0 N–H and O–H groups in total. The summed E-state index contributed by atoms with van der Waals surface area (Å²) in [4.78, 5) is 4.12. The van der Waals surface area contributed by atoms with E-state index in [2.05, 4.69) is 18.2 Å². The van der Waals surface area contributed by atoms with Crippen LogP contribution in [0.1, 0.15) is 0 Å². The van der Waals surface area contributed by atoms with E-state index in [0.717, 1.165) is 5.57 Å². The fourth-order valence-electron chi connectivity index (χ4n) is 0.919. The van der Waals surface area contributed by atoms with E-state index in [1.165, 1.54) is 12.1 Å². The van der Waals surface area contributed by atoms with E-state index < -0.39 is 0 Å². The van der Waals surface area contributed by atoms with E-state index in [1.807, 2.05) is 0 Å². The van der Waals surface area contributed by atoms with Crippen molar-refractivity contribution in [2.75, 3.05) is 0 Å². The molecule has 0 heterocycles. The topological polar surface area (TPSA) is 12.4 Å². The summed E-state index contributed by atoms with van der Waals surface area (Å²) >= 11 is 0. The molecule has 0 saturated heterocycles. The summed E-state index contributed by atoms with van der Waals surface area (Å²) in [5, 5.41) is 0. The number of hydrogen-bond donors (Lipinski definition) is 0. The molecule has 0 atom stereocenters. The lowest BCUT2D eigenvalue weighted by Gasteiger charge is -1.92. The van der Waals surface area contributed by atoms with Crippen molar-refractivity contribution in [2.24, 2.45) is 4.99 Å². The average molecular weight is 201 g/mol. The Labute approximate surface area is 89.0 Å². The number of rotatable bonds is 4. The Morgan fingerprint density at radius 1 is 1.27 bits per heavy atom. The lowest BCUT2D eigenvalue weighted by atomic mass is 10.3. The third kappa shape index (κ3) is 4.18. The van der Waals surface area contributed by atoms with Crippen LogP contribution in [0.4, 0.5) is 10.1 Å². The molecule has 0 bridgehead atoms. The normalized spacial score (nSPS) is 11.0. The van der Waals surface area contributed by atoms with E-state index in [1.54, 1.807) is 36.6 Å². The molecule has 76 valence electrons. The van der Waals surface area contributed by atoms with Crippen molar-refractivity contribution in [1.82, 2.24) is 0 Å². The summed E-state index contributed by atoms with van der Waals surface area (Å²) in [7, 11) is 0. The lowest BCUT2D eigenvalue weighted by molar-refractivity contribution is 0.628. The van der Waals surface area contributed by atoms with Gasteiger partial charge in [-0.15, -0.1) is 0 Å². The van der Waals surface area contributed by atoms with Crippen molar-refractivity contribution in [3.05, 3.63) is 67.0 Å². The maximum absolute atomic E-state index is 12.6. The smallest absolute Gasteiger partial charge is 0.123 e. The summed E-state index contributed by atoms with van der Waals surface area (Å²) in [5.41, 5.74) is 1.46. The van der Waals surface area contributed by atoms with Gasteiger partial charge in [0.25, 0.3) is 0 Å². The monoisotopic (exact) mass is 201 g/mol. The average Bonchev–Trinajstić information content (AvgIpc) is 2.25. The first-order chi connectivity index (χ1) is 7.22. The van der Waals surface area contributed by atoms with Crippen LogP contribution in [0, 0.1) is 5.82 Å². The summed E-state index contributed by atoms with van der Waals surface area (Å²) in [5.74, 6) is -0.265. The van der Waals surface area contributed by atoms with Crippen LogP contribution in [-0.4, -0.2) is 6.21 Å². The number of nitrogens with zero attached hydrogens (tertiary/aromatic N) is 1. The number of benzene rings is 1. The van der Waals surface area contributed by atoms with Crippen LogP contribution in [0.25, 0.3) is 0 Å². The highest BCUT2D eigenvalue weighted by molar-refractivity contribution is 5.83. The molecule has 1 aromatic rings. The highest BCUT2D eigenvalue weighted by Crippen LogP contribution is 2.11. The molecular formula is C13H12FN. The van der Waals surface area contributed by atoms with Gasteiger partial charge in [0.15, 0.2) is 0 Å². The van der Waals surface area contributed by atoms with Crippen LogP contribution in [-0.2, 0) is 0 Å². The van der Waals surface area contributed by atoms with Crippen LogP contribution in [0.2, 0.25) is 0 Å². The van der Waals surface area contributed by atoms with E-state index in [9.17, 15) is 4.39 Å². The second kappa shape index (κ2) is 5.70. The number of allylic oxidation sites excluding steroid dienone is 4. The molecule has 0 radical (unpaired) electrons. The minimum absolute atomic E-state index is 0.265. The van der Waals surface area contributed by atoms with Gasteiger partial charge in [-0.3, -0.25) is 4.99 Å². The molecule has 0 fully saturated rings. The molecule has 1 rings (SSSR count). The van der Waals surface area contributed by atoms with Gasteiger partial charge in [0.1, 0.15) is 5.82 Å². The van der Waals surface area contributed by atoms with E-state index in [-0.39, 0.29) is 5.82 Å². The van der Waals surface area contributed by atoms with E-state index >= 15 is 0 Å². The van der Waals surface area contributed by atoms with Gasteiger partial charge >= 0.3 is 0 Å². The van der Waals surface area contributed by atoms with Crippen molar-refractivity contribution >= 4 is 11.9 Å². The van der Waals surface area contributed by atoms with Crippen molar-refractivity contribution in [3.63, 3.8) is 0 Å². The SMILES string of the molecule is C=C/C=C\C(=C)C=Nc1ccc(F)cc1. The molecule has 1 aromatic carbocycles. The second-order valence-corrected chi connectivity index (χ2v) is 2.90. The van der Waals surface area contributed by atoms with Gasteiger partial charge in [0.2, 0.25) is 0 Å². The van der Waals surface area contributed by atoms with Gasteiger partial charge in [0, 0.05) is 6.21 Å². The van der Waals surface area contributed by atoms with Gasteiger partial charge in [-0.05, 0) is 29.8 Å². The third-order valence-corrected chi connectivity index (χ3v) is 1.65. The van der Waals surface area contributed by atoms with Crippen LogP contribution in [0.15, 0.2) is 66.2 Å². The number of halogens is 1. The first-order valence-electron chi connectivity index (χ1n) is 4.50. The second-order valence-electron chi connectivity index (χ2n) is 2.90.